The Morgan fingerprint density at radius 3 is 0.981 bits per heavy atom. The van der Waals surface area contributed by atoms with Gasteiger partial charge in [0.2, 0.25) is 0 Å². The predicted octanol–water partition coefficient (Wildman–Crippen LogP) is 18.7. The average Bonchev–Trinajstić information content (AvgIpc) is 3.84. The molecule has 0 aromatic carbocycles. The second kappa shape index (κ2) is 23.4. The van der Waals surface area contributed by atoms with Gasteiger partial charge >= 0.3 is 0 Å². The molecular weight excluding hydrogens is 637 g/mol. The van der Waals surface area contributed by atoms with E-state index in [1.807, 2.05) is 0 Å². The summed E-state index contributed by atoms with van der Waals surface area (Å²) in [6, 6.07) is 0. The van der Waals surface area contributed by atoms with Gasteiger partial charge in [-0.1, -0.05) is 193 Å². The summed E-state index contributed by atoms with van der Waals surface area (Å²) in [5.41, 5.74) is 2.79. The molecule has 0 nitrogen and oxygen atoms in total. The molecule has 0 N–H and O–H groups in total. The van der Waals surface area contributed by atoms with E-state index in [1.165, 1.54) is 56.8 Å². The Morgan fingerprint density at radius 1 is 0.566 bits per heavy atom. The number of hydrogen-bond acceptors (Lipinski definition) is 0. The Hall–Kier alpha value is 0. The fraction of sp³-hybridized carbons (Fsp3) is 1.00. The third-order valence-electron chi connectivity index (χ3n) is 16.5. The lowest BCUT2D eigenvalue weighted by molar-refractivity contribution is 0.120. The molecule has 5 fully saturated rings. The first-order chi connectivity index (χ1) is 23.7. The molecule has 5 rings (SSSR count). The smallest absolute Gasteiger partial charge is 0.0297 e. The molecule has 5 saturated carbocycles. The second-order valence-corrected chi connectivity index (χ2v) is 24.7. The SMILES string of the molecule is CC(C)(C)C(C)(C)C.CC(C)C(C)C(C)C.CC1(C2CC2)CC1.CC1CC(C)C1C.CCC(C)(C)C(C)C.CCC(C)C(C)(C)C.C[C@H]1CC1C1CC1. The van der Waals surface area contributed by atoms with E-state index in [-0.39, 0.29) is 0 Å². The molecule has 0 amide bonds. The van der Waals surface area contributed by atoms with Gasteiger partial charge in [-0.05, 0) is 149 Å². The number of rotatable bonds is 7. The summed E-state index contributed by atoms with van der Waals surface area (Å²) in [6.07, 6.45) is 14.8. The van der Waals surface area contributed by atoms with Crippen LogP contribution in [0.1, 0.15) is 244 Å². The molecule has 5 aliphatic carbocycles. The molecule has 5 aliphatic rings. The molecule has 0 heterocycles. The molecule has 0 aromatic heterocycles. The van der Waals surface area contributed by atoms with Crippen molar-refractivity contribution in [2.24, 2.45) is 98.1 Å². The minimum absolute atomic E-state index is 0.437. The zero-order valence-electron chi connectivity index (χ0n) is 42.5. The maximum atomic E-state index is 2.44. The van der Waals surface area contributed by atoms with E-state index in [0.717, 1.165) is 64.6 Å². The minimum Gasteiger partial charge on any atom is -0.0651 e. The molecule has 5 atom stereocenters. The Kier molecular flexibility index (Phi) is 24.3. The molecule has 4 unspecified atom stereocenters. The number of hydrogen-bond donors (Lipinski definition) is 0. The molecule has 0 aliphatic heterocycles. The highest BCUT2D eigenvalue weighted by Gasteiger charge is 2.49. The summed E-state index contributed by atoms with van der Waals surface area (Å²) in [4.78, 5) is 0. The van der Waals surface area contributed by atoms with E-state index in [4.69, 9.17) is 0 Å². The van der Waals surface area contributed by atoms with Gasteiger partial charge in [0.25, 0.3) is 0 Å². The Morgan fingerprint density at radius 2 is 0.943 bits per heavy atom. The normalized spacial score (nSPS) is 26.3. The lowest BCUT2D eigenvalue weighted by Crippen LogP contribution is -2.29. The van der Waals surface area contributed by atoms with Gasteiger partial charge in [-0.15, -0.1) is 0 Å². The molecule has 53 heavy (non-hydrogen) atoms. The monoisotopic (exact) mass is 747 g/mol. The van der Waals surface area contributed by atoms with Crippen LogP contribution in [-0.4, -0.2) is 0 Å². The second-order valence-electron chi connectivity index (χ2n) is 24.7. The van der Waals surface area contributed by atoms with Crippen LogP contribution in [0.2, 0.25) is 0 Å². The molecule has 0 spiro atoms. The van der Waals surface area contributed by atoms with Crippen LogP contribution in [0.25, 0.3) is 0 Å². The zero-order chi connectivity index (χ0) is 42.5. The maximum Gasteiger partial charge on any atom is -0.0297 e. The average molecular weight is 747 g/mol. The topological polar surface area (TPSA) is 0 Å². The molecular formula is C53H110. The van der Waals surface area contributed by atoms with Gasteiger partial charge in [0, 0.05) is 0 Å². The van der Waals surface area contributed by atoms with Gasteiger partial charge in [-0.3, -0.25) is 0 Å². The highest BCUT2D eigenvalue weighted by molar-refractivity contribution is 5.00. The van der Waals surface area contributed by atoms with E-state index < -0.39 is 0 Å². The maximum absolute atomic E-state index is 2.44. The van der Waals surface area contributed by atoms with Gasteiger partial charge in [0.15, 0.2) is 0 Å². The van der Waals surface area contributed by atoms with Crippen LogP contribution in [0.4, 0.5) is 0 Å². The Labute approximate surface area is 341 Å². The first-order valence-electron chi connectivity index (χ1n) is 23.7. The van der Waals surface area contributed by atoms with Crippen molar-refractivity contribution >= 4 is 0 Å². The highest BCUT2D eigenvalue weighted by Crippen LogP contribution is 2.60. The van der Waals surface area contributed by atoms with Crippen molar-refractivity contribution in [1.82, 2.24) is 0 Å². The van der Waals surface area contributed by atoms with Gasteiger partial charge in [-0.2, -0.15) is 0 Å². The largest absolute Gasteiger partial charge is 0.0651 e. The van der Waals surface area contributed by atoms with E-state index in [1.54, 1.807) is 19.3 Å². The van der Waals surface area contributed by atoms with Crippen molar-refractivity contribution in [2.75, 3.05) is 0 Å². The van der Waals surface area contributed by atoms with Crippen LogP contribution in [0.3, 0.4) is 0 Å². The third kappa shape index (κ3) is 24.4. The van der Waals surface area contributed by atoms with Crippen LogP contribution >= 0.6 is 0 Å². The molecule has 0 saturated heterocycles. The van der Waals surface area contributed by atoms with Crippen molar-refractivity contribution in [3.05, 3.63) is 0 Å². The van der Waals surface area contributed by atoms with Crippen LogP contribution in [0.5, 0.6) is 0 Å². The lowest BCUT2D eigenvalue weighted by Gasteiger charge is -2.38. The van der Waals surface area contributed by atoms with Crippen LogP contribution in [0, 0.1) is 98.1 Å². The molecule has 0 heteroatoms. The Bertz CT molecular complexity index is 865. The quantitative estimate of drug-likeness (QED) is 0.243. The van der Waals surface area contributed by atoms with Crippen LogP contribution in [0.15, 0.2) is 0 Å². The van der Waals surface area contributed by atoms with Crippen molar-refractivity contribution < 1.29 is 0 Å². The van der Waals surface area contributed by atoms with Gasteiger partial charge in [0.1, 0.15) is 0 Å². The summed E-state index contributed by atoms with van der Waals surface area (Å²) < 4.78 is 0. The summed E-state index contributed by atoms with van der Waals surface area (Å²) in [6.45, 7) is 59.8. The molecule has 0 aromatic rings. The fourth-order valence-corrected chi connectivity index (χ4v) is 6.09. The summed E-state index contributed by atoms with van der Waals surface area (Å²) >= 11 is 0. The van der Waals surface area contributed by atoms with Crippen molar-refractivity contribution in [3.63, 3.8) is 0 Å². The van der Waals surface area contributed by atoms with Crippen LogP contribution in [-0.2, 0) is 0 Å². The van der Waals surface area contributed by atoms with E-state index >= 15 is 0 Å². The third-order valence-corrected chi connectivity index (χ3v) is 16.5. The molecule has 0 bridgehead atoms. The standard InChI is InChI=1S/4C8H18.2C7H12.C7H14/c1-7(2,3)8(4,5)6;1-6-7(2)8(3,4)5;1-6-8(4,5)7(2)3;1-6(2)8(5)7(3)4;1-7(4-5-7)6-2-3-6;1-5-4-7(5)6-2-3-6;1-5-4-6(2)7(5)3/h1-6H3;2*7H,6H2,1-5H3;6-8H,1-5H3;6H,2-5H2,1H3;5-7H,2-4H2,1H3;5-7H,4H2,1-3H3/t;;;;;5-,7?;/m.....0./s1. The van der Waals surface area contributed by atoms with E-state index in [0.29, 0.717) is 21.7 Å². The van der Waals surface area contributed by atoms with Gasteiger partial charge in [0.05, 0.1) is 0 Å². The molecule has 322 valence electrons. The predicted molar refractivity (Wildman–Crippen MR) is 248 cm³/mol. The van der Waals surface area contributed by atoms with Crippen molar-refractivity contribution in [2.45, 2.75) is 244 Å². The van der Waals surface area contributed by atoms with Crippen molar-refractivity contribution in [1.29, 1.82) is 0 Å². The van der Waals surface area contributed by atoms with E-state index in [9.17, 15) is 0 Å². The summed E-state index contributed by atoms with van der Waals surface area (Å²) in [7, 11) is 0. The highest BCUT2D eigenvalue weighted by atomic mass is 14.5. The van der Waals surface area contributed by atoms with Crippen molar-refractivity contribution in [3.8, 4) is 0 Å². The van der Waals surface area contributed by atoms with E-state index in [2.05, 4.69) is 180 Å². The zero-order valence-corrected chi connectivity index (χ0v) is 42.5. The molecule has 0 radical (unpaired) electrons. The fourth-order valence-electron chi connectivity index (χ4n) is 6.09. The van der Waals surface area contributed by atoms with Gasteiger partial charge < -0.3 is 0 Å². The Balaban J connectivity index is 0. The lowest BCUT2D eigenvalue weighted by atomic mass is 9.68. The first kappa shape index (κ1) is 55.1. The first-order valence-corrected chi connectivity index (χ1v) is 23.7. The minimum atomic E-state index is 0.437. The van der Waals surface area contributed by atoms with Gasteiger partial charge in [-0.25, -0.2) is 0 Å². The summed E-state index contributed by atoms with van der Waals surface area (Å²) in [5.74, 6) is 11.9. The van der Waals surface area contributed by atoms with Crippen LogP contribution < -0.4 is 0 Å². The summed E-state index contributed by atoms with van der Waals surface area (Å²) in [5, 5.41) is 0.